The fraction of sp³-hybridized carbons (Fsp3) is 0.214. The fourth-order valence-corrected chi connectivity index (χ4v) is 2.52. The van der Waals surface area contributed by atoms with Crippen LogP contribution in [0.25, 0.3) is 11.5 Å². The van der Waals surface area contributed by atoms with Gasteiger partial charge in [0.15, 0.2) is 5.82 Å². The standard InChI is InChI=1S/C14H14N4OS/c1-9-16-14(19-18-9)12-5-3-4-6-13(12)15-7-11-8-20-10(2)17-11/h3-6,8,15H,7H2,1-2H3. The molecule has 0 unspecified atom stereocenters. The number of hydrogen-bond acceptors (Lipinski definition) is 6. The average Bonchev–Trinajstić information content (AvgIpc) is 3.06. The molecule has 5 nitrogen and oxygen atoms in total. The molecule has 20 heavy (non-hydrogen) atoms. The van der Waals surface area contributed by atoms with E-state index in [1.54, 1.807) is 18.3 Å². The lowest BCUT2D eigenvalue weighted by molar-refractivity contribution is 0.426. The minimum absolute atomic E-state index is 0.528. The van der Waals surface area contributed by atoms with E-state index in [0.717, 1.165) is 22.0 Å². The predicted molar refractivity (Wildman–Crippen MR) is 78.6 cm³/mol. The van der Waals surface area contributed by atoms with Gasteiger partial charge in [-0.05, 0) is 26.0 Å². The Kier molecular flexibility index (Phi) is 3.47. The van der Waals surface area contributed by atoms with Crippen LogP contribution in [0.3, 0.4) is 0 Å². The maximum Gasteiger partial charge on any atom is 0.260 e. The molecule has 0 fully saturated rings. The number of nitrogens with zero attached hydrogens (tertiary/aromatic N) is 3. The molecule has 3 rings (SSSR count). The molecule has 6 heteroatoms. The lowest BCUT2D eigenvalue weighted by Crippen LogP contribution is -2.01. The SMILES string of the molecule is Cc1noc(-c2ccccc2NCc2csc(C)n2)n1. The molecule has 1 N–H and O–H groups in total. The lowest BCUT2D eigenvalue weighted by atomic mass is 10.1. The highest BCUT2D eigenvalue weighted by Crippen LogP contribution is 2.26. The maximum atomic E-state index is 5.23. The van der Waals surface area contributed by atoms with Crippen LogP contribution in [0.1, 0.15) is 16.5 Å². The van der Waals surface area contributed by atoms with Crippen molar-refractivity contribution in [1.82, 2.24) is 15.1 Å². The molecule has 2 heterocycles. The van der Waals surface area contributed by atoms with Gasteiger partial charge in [0.05, 0.1) is 22.8 Å². The largest absolute Gasteiger partial charge is 0.379 e. The Hall–Kier alpha value is -2.21. The summed E-state index contributed by atoms with van der Waals surface area (Å²) in [5.74, 6) is 1.16. The van der Waals surface area contributed by atoms with Crippen LogP contribution in [0.4, 0.5) is 5.69 Å². The van der Waals surface area contributed by atoms with Crippen LogP contribution in [0, 0.1) is 13.8 Å². The molecule has 1 aromatic carbocycles. The number of para-hydroxylation sites is 1. The van der Waals surface area contributed by atoms with Gasteiger partial charge < -0.3 is 9.84 Å². The summed E-state index contributed by atoms with van der Waals surface area (Å²) in [6.07, 6.45) is 0. The van der Waals surface area contributed by atoms with Gasteiger partial charge in [0.2, 0.25) is 0 Å². The summed E-state index contributed by atoms with van der Waals surface area (Å²) in [7, 11) is 0. The monoisotopic (exact) mass is 286 g/mol. The number of thiazole rings is 1. The summed E-state index contributed by atoms with van der Waals surface area (Å²) < 4.78 is 5.23. The van der Waals surface area contributed by atoms with E-state index >= 15 is 0 Å². The first kappa shape index (κ1) is 12.8. The number of nitrogens with one attached hydrogen (secondary N) is 1. The molecular weight excluding hydrogens is 272 g/mol. The second-order valence-electron chi connectivity index (χ2n) is 4.40. The maximum absolute atomic E-state index is 5.23. The third-order valence-electron chi connectivity index (χ3n) is 2.81. The van der Waals surface area contributed by atoms with Crippen LogP contribution in [0.5, 0.6) is 0 Å². The van der Waals surface area contributed by atoms with Gasteiger partial charge in [-0.15, -0.1) is 11.3 Å². The first-order valence-electron chi connectivity index (χ1n) is 6.27. The molecular formula is C14H14N4OS. The third-order valence-corrected chi connectivity index (χ3v) is 3.63. The highest BCUT2D eigenvalue weighted by molar-refractivity contribution is 7.09. The van der Waals surface area contributed by atoms with Crippen molar-refractivity contribution in [3.8, 4) is 11.5 Å². The quantitative estimate of drug-likeness (QED) is 0.796. The highest BCUT2D eigenvalue weighted by Gasteiger charge is 2.11. The second kappa shape index (κ2) is 5.42. The van der Waals surface area contributed by atoms with Gasteiger partial charge in [0.1, 0.15) is 0 Å². The van der Waals surface area contributed by atoms with Crippen molar-refractivity contribution in [2.45, 2.75) is 20.4 Å². The zero-order chi connectivity index (χ0) is 13.9. The van der Waals surface area contributed by atoms with Crippen LogP contribution >= 0.6 is 11.3 Å². The average molecular weight is 286 g/mol. The number of benzene rings is 1. The van der Waals surface area contributed by atoms with Crippen LogP contribution in [-0.4, -0.2) is 15.1 Å². The first-order chi connectivity index (χ1) is 9.72. The molecule has 0 atom stereocenters. The van der Waals surface area contributed by atoms with Crippen molar-refractivity contribution in [3.63, 3.8) is 0 Å². The second-order valence-corrected chi connectivity index (χ2v) is 5.47. The Morgan fingerprint density at radius 1 is 1.20 bits per heavy atom. The highest BCUT2D eigenvalue weighted by atomic mass is 32.1. The Bertz CT molecular complexity index is 719. The zero-order valence-electron chi connectivity index (χ0n) is 11.3. The van der Waals surface area contributed by atoms with Crippen molar-refractivity contribution in [3.05, 3.63) is 46.2 Å². The van der Waals surface area contributed by atoms with E-state index in [0.29, 0.717) is 18.3 Å². The van der Waals surface area contributed by atoms with Crippen LogP contribution < -0.4 is 5.32 Å². The van der Waals surface area contributed by atoms with Crippen molar-refractivity contribution in [2.24, 2.45) is 0 Å². The molecule has 0 bridgehead atoms. The fourth-order valence-electron chi connectivity index (χ4n) is 1.91. The van der Waals surface area contributed by atoms with Gasteiger partial charge in [-0.1, -0.05) is 17.3 Å². The third kappa shape index (κ3) is 2.70. The van der Waals surface area contributed by atoms with Gasteiger partial charge in [0.25, 0.3) is 5.89 Å². The topological polar surface area (TPSA) is 63.8 Å². The summed E-state index contributed by atoms with van der Waals surface area (Å²) in [6, 6.07) is 7.88. The minimum Gasteiger partial charge on any atom is -0.379 e. The summed E-state index contributed by atoms with van der Waals surface area (Å²) in [4.78, 5) is 8.71. The summed E-state index contributed by atoms with van der Waals surface area (Å²) in [5.41, 5.74) is 2.89. The molecule has 0 spiro atoms. The Morgan fingerprint density at radius 3 is 2.75 bits per heavy atom. The predicted octanol–water partition coefficient (Wildman–Crippen LogP) is 3.42. The molecule has 0 radical (unpaired) electrons. The smallest absolute Gasteiger partial charge is 0.260 e. The van der Waals surface area contributed by atoms with Crippen molar-refractivity contribution in [1.29, 1.82) is 0 Å². The van der Waals surface area contributed by atoms with Gasteiger partial charge in [-0.2, -0.15) is 4.98 Å². The Balaban J connectivity index is 1.83. The first-order valence-corrected chi connectivity index (χ1v) is 7.15. The van der Waals surface area contributed by atoms with Gasteiger partial charge in [-0.3, -0.25) is 0 Å². The van der Waals surface area contributed by atoms with Crippen molar-refractivity contribution in [2.75, 3.05) is 5.32 Å². The number of aryl methyl sites for hydroxylation is 2. The number of aromatic nitrogens is 3. The molecule has 0 saturated heterocycles. The summed E-state index contributed by atoms with van der Waals surface area (Å²) >= 11 is 1.65. The van der Waals surface area contributed by atoms with E-state index < -0.39 is 0 Å². The molecule has 102 valence electrons. The number of hydrogen-bond donors (Lipinski definition) is 1. The molecule has 0 aliphatic rings. The van der Waals surface area contributed by atoms with Crippen LogP contribution in [-0.2, 0) is 6.54 Å². The number of rotatable bonds is 4. The van der Waals surface area contributed by atoms with Gasteiger partial charge in [-0.25, -0.2) is 4.98 Å². The summed E-state index contributed by atoms with van der Waals surface area (Å²) in [6.45, 7) is 4.49. The van der Waals surface area contributed by atoms with E-state index in [9.17, 15) is 0 Å². The molecule has 2 aromatic heterocycles. The number of anilines is 1. The van der Waals surface area contributed by atoms with E-state index in [1.165, 1.54) is 0 Å². The molecule has 0 amide bonds. The van der Waals surface area contributed by atoms with E-state index in [1.807, 2.05) is 31.2 Å². The molecule has 0 saturated carbocycles. The Labute approximate surface area is 120 Å². The van der Waals surface area contributed by atoms with E-state index in [2.05, 4.69) is 25.8 Å². The molecule has 0 aliphatic heterocycles. The normalized spacial score (nSPS) is 10.7. The van der Waals surface area contributed by atoms with Gasteiger partial charge in [0, 0.05) is 11.1 Å². The lowest BCUT2D eigenvalue weighted by Gasteiger charge is -2.08. The zero-order valence-corrected chi connectivity index (χ0v) is 12.1. The molecule has 3 aromatic rings. The van der Waals surface area contributed by atoms with Gasteiger partial charge >= 0.3 is 0 Å². The molecule has 0 aliphatic carbocycles. The van der Waals surface area contributed by atoms with Crippen molar-refractivity contribution >= 4 is 17.0 Å². The van der Waals surface area contributed by atoms with Crippen molar-refractivity contribution < 1.29 is 4.52 Å². The minimum atomic E-state index is 0.528. The van der Waals surface area contributed by atoms with Crippen LogP contribution in [0.15, 0.2) is 34.2 Å². The van der Waals surface area contributed by atoms with E-state index in [4.69, 9.17) is 4.52 Å². The Morgan fingerprint density at radius 2 is 2.05 bits per heavy atom. The van der Waals surface area contributed by atoms with E-state index in [-0.39, 0.29) is 0 Å². The van der Waals surface area contributed by atoms with Crippen LogP contribution in [0.2, 0.25) is 0 Å². The summed E-state index contributed by atoms with van der Waals surface area (Å²) in [5, 5.41) is 10.3.